The summed E-state index contributed by atoms with van der Waals surface area (Å²) in [6.07, 6.45) is 3.82. The number of nitrogens with zero attached hydrogens (tertiary/aromatic N) is 2. The molecular weight excluding hydrogens is 386 g/mol. The van der Waals surface area contributed by atoms with Crippen LogP contribution >= 0.6 is 15.9 Å². The highest BCUT2D eigenvalue weighted by Gasteiger charge is 2.27. The molecule has 0 unspecified atom stereocenters. The van der Waals surface area contributed by atoms with Gasteiger partial charge in [-0.1, -0.05) is 66.9 Å². The summed E-state index contributed by atoms with van der Waals surface area (Å²) < 4.78 is 1.06. The molecule has 1 N–H and O–H groups in total. The first-order chi connectivity index (χ1) is 12.6. The second kappa shape index (κ2) is 7.36. The Morgan fingerprint density at radius 3 is 2.54 bits per heavy atom. The van der Waals surface area contributed by atoms with Crippen LogP contribution in [0.4, 0.5) is 5.82 Å². The van der Waals surface area contributed by atoms with Gasteiger partial charge in [0.1, 0.15) is 5.82 Å². The molecule has 1 aliphatic rings. The van der Waals surface area contributed by atoms with Crippen molar-refractivity contribution >= 4 is 32.7 Å². The van der Waals surface area contributed by atoms with Crippen LogP contribution < -0.4 is 5.32 Å². The Morgan fingerprint density at radius 1 is 0.962 bits per heavy atom. The molecule has 1 aromatic heterocycles. The van der Waals surface area contributed by atoms with Gasteiger partial charge in [-0.2, -0.15) is 0 Å². The van der Waals surface area contributed by atoms with Gasteiger partial charge in [-0.25, -0.2) is 9.97 Å². The topological polar surface area (TPSA) is 37.8 Å². The molecule has 26 heavy (non-hydrogen) atoms. The van der Waals surface area contributed by atoms with Crippen molar-refractivity contribution in [3.05, 3.63) is 53.0 Å². The number of rotatable bonds is 3. The molecule has 134 valence electrons. The Hall–Kier alpha value is -1.94. The normalized spacial score (nSPS) is 23.1. The minimum Gasteiger partial charge on any atom is -0.366 e. The van der Waals surface area contributed by atoms with E-state index in [1.807, 2.05) is 18.2 Å². The first kappa shape index (κ1) is 17.5. The van der Waals surface area contributed by atoms with E-state index in [4.69, 9.17) is 9.97 Å². The van der Waals surface area contributed by atoms with E-state index in [1.165, 1.54) is 19.3 Å². The molecule has 0 saturated heterocycles. The molecule has 1 saturated carbocycles. The van der Waals surface area contributed by atoms with Gasteiger partial charge in [0.15, 0.2) is 5.82 Å². The molecule has 2 aromatic carbocycles. The molecule has 0 bridgehead atoms. The molecular formula is C22H24BrN3. The standard InChI is InChI=1S/C22H24BrN3/c1-14-6-5-9-19(15(14)2)24-22-18-7-3-4-8-20(18)25-21(26-22)16-10-12-17(23)13-11-16/h3-4,7-8,10-15,19H,5-6,9H2,1-2H3,(H,24,25,26)/t14-,15-,19-/m1/s1. The van der Waals surface area contributed by atoms with E-state index < -0.39 is 0 Å². The van der Waals surface area contributed by atoms with Gasteiger partial charge in [0.05, 0.1) is 5.52 Å². The molecule has 4 rings (SSSR count). The van der Waals surface area contributed by atoms with Crippen molar-refractivity contribution in [2.45, 2.75) is 39.2 Å². The lowest BCUT2D eigenvalue weighted by molar-refractivity contribution is 0.253. The summed E-state index contributed by atoms with van der Waals surface area (Å²) in [6.45, 7) is 4.73. The van der Waals surface area contributed by atoms with Crippen molar-refractivity contribution in [2.24, 2.45) is 11.8 Å². The number of aromatic nitrogens is 2. The Labute approximate surface area is 163 Å². The third-order valence-electron chi connectivity index (χ3n) is 5.73. The minimum absolute atomic E-state index is 0.467. The number of hydrogen-bond donors (Lipinski definition) is 1. The van der Waals surface area contributed by atoms with Crippen molar-refractivity contribution in [2.75, 3.05) is 5.32 Å². The van der Waals surface area contributed by atoms with E-state index in [9.17, 15) is 0 Å². The molecule has 1 fully saturated rings. The van der Waals surface area contributed by atoms with E-state index in [0.29, 0.717) is 12.0 Å². The Kier molecular flexibility index (Phi) is 4.94. The predicted octanol–water partition coefficient (Wildman–Crippen LogP) is 6.30. The van der Waals surface area contributed by atoms with Gasteiger partial charge < -0.3 is 5.32 Å². The van der Waals surface area contributed by atoms with E-state index in [0.717, 1.165) is 38.5 Å². The maximum atomic E-state index is 4.92. The first-order valence-electron chi connectivity index (χ1n) is 9.41. The quantitative estimate of drug-likeness (QED) is 0.551. The molecule has 3 aromatic rings. The molecule has 3 atom stereocenters. The summed E-state index contributed by atoms with van der Waals surface area (Å²) in [4.78, 5) is 9.71. The van der Waals surface area contributed by atoms with Crippen LogP contribution in [0.5, 0.6) is 0 Å². The van der Waals surface area contributed by atoms with Gasteiger partial charge >= 0.3 is 0 Å². The van der Waals surface area contributed by atoms with Gasteiger partial charge in [-0.05, 0) is 42.5 Å². The third-order valence-corrected chi connectivity index (χ3v) is 6.26. The summed E-state index contributed by atoms with van der Waals surface area (Å²) in [5.41, 5.74) is 2.02. The number of nitrogens with one attached hydrogen (secondary N) is 1. The zero-order valence-corrected chi connectivity index (χ0v) is 16.8. The van der Waals surface area contributed by atoms with Gasteiger partial charge in [-0.15, -0.1) is 0 Å². The number of para-hydroxylation sites is 1. The Morgan fingerprint density at radius 2 is 1.73 bits per heavy atom. The average molecular weight is 410 g/mol. The zero-order valence-electron chi connectivity index (χ0n) is 15.2. The van der Waals surface area contributed by atoms with Crippen LogP contribution in [0.1, 0.15) is 33.1 Å². The van der Waals surface area contributed by atoms with Crippen molar-refractivity contribution in [1.29, 1.82) is 0 Å². The number of anilines is 1. The summed E-state index contributed by atoms with van der Waals surface area (Å²) in [7, 11) is 0. The Bertz CT molecular complexity index is 907. The summed E-state index contributed by atoms with van der Waals surface area (Å²) in [5, 5.41) is 4.86. The lowest BCUT2D eigenvalue weighted by Gasteiger charge is -2.35. The van der Waals surface area contributed by atoms with Crippen LogP contribution in [-0.4, -0.2) is 16.0 Å². The molecule has 4 heteroatoms. The molecule has 1 aliphatic carbocycles. The number of fused-ring (bicyclic) bond motifs is 1. The van der Waals surface area contributed by atoms with Crippen molar-refractivity contribution in [3.63, 3.8) is 0 Å². The van der Waals surface area contributed by atoms with E-state index in [-0.39, 0.29) is 0 Å². The fourth-order valence-corrected chi connectivity index (χ4v) is 4.14. The molecule has 3 nitrogen and oxygen atoms in total. The maximum absolute atomic E-state index is 4.92. The molecule has 0 amide bonds. The SMILES string of the molecule is C[C@@H]1[C@H](C)CCC[C@H]1Nc1nc(-c2ccc(Br)cc2)nc2ccccc12. The maximum Gasteiger partial charge on any atom is 0.162 e. The van der Waals surface area contributed by atoms with Crippen molar-refractivity contribution < 1.29 is 0 Å². The van der Waals surface area contributed by atoms with Gasteiger partial charge in [-0.3, -0.25) is 0 Å². The van der Waals surface area contributed by atoms with Crippen LogP contribution in [0.2, 0.25) is 0 Å². The fraction of sp³-hybridized carbons (Fsp3) is 0.364. The van der Waals surface area contributed by atoms with Crippen LogP contribution in [0.15, 0.2) is 53.0 Å². The smallest absolute Gasteiger partial charge is 0.162 e. The monoisotopic (exact) mass is 409 g/mol. The van der Waals surface area contributed by atoms with Gasteiger partial charge in [0, 0.05) is 21.5 Å². The van der Waals surface area contributed by atoms with Crippen LogP contribution in [0.3, 0.4) is 0 Å². The van der Waals surface area contributed by atoms with Gasteiger partial charge in [0.25, 0.3) is 0 Å². The first-order valence-corrected chi connectivity index (χ1v) is 10.2. The van der Waals surface area contributed by atoms with Crippen LogP contribution in [-0.2, 0) is 0 Å². The van der Waals surface area contributed by atoms with Crippen LogP contribution in [0.25, 0.3) is 22.3 Å². The third kappa shape index (κ3) is 3.48. The highest BCUT2D eigenvalue weighted by molar-refractivity contribution is 9.10. The van der Waals surface area contributed by atoms with E-state index >= 15 is 0 Å². The molecule has 1 heterocycles. The molecule has 0 aliphatic heterocycles. The summed E-state index contributed by atoms with van der Waals surface area (Å²) in [5.74, 6) is 3.13. The minimum atomic E-state index is 0.467. The van der Waals surface area contributed by atoms with Crippen molar-refractivity contribution in [3.8, 4) is 11.4 Å². The summed E-state index contributed by atoms with van der Waals surface area (Å²) in [6, 6.07) is 16.9. The average Bonchev–Trinajstić information content (AvgIpc) is 2.66. The number of benzene rings is 2. The highest BCUT2D eigenvalue weighted by atomic mass is 79.9. The van der Waals surface area contributed by atoms with Crippen LogP contribution in [0, 0.1) is 11.8 Å². The zero-order chi connectivity index (χ0) is 18.1. The van der Waals surface area contributed by atoms with E-state index in [1.54, 1.807) is 0 Å². The Balaban J connectivity index is 1.76. The fourth-order valence-electron chi connectivity index (χ4n) is 3.88. The van der Waals surface area contributed by atoms with E-state index in [2.05, 4.69) is 65.4 Å². The molecule has 0 radical (unpaired) electrons. The largest absolute Gasteiger partial charge is 0.366 e. The lowest BCUT2D eigenvalue weighted by Crippen LogP contribution is -2.35. The van der Waals surface area contributed by atoms with Crippen molar-refractivity contribution in [1.82, 2.24) is 9.97 Å². The summed E-state index contributed by atoms with van der Waals surface area (Å²) >= 11 is 3.50. The molecule has 0 spiro atoms. The predicted molar refractivity (Wildman–Crippen MR) is 112 cm³/mol. The second-order valence-corrected chi connectivity index (χ2v) is 8.35. The number of halogens is 1. The second-order valence-electron chi connectivity index (χ2n) is 7.44. The van der Waals surface area contributed by atoms with Gasteiger partial charge in [0.2, 0.25) is 0 Å². The number of hydrogen-bond acceptors (Lipinski definition) is 3. The highest BCUT2D eigenvalue weighted by Crippen LogP contribution is 2.33. The lowest BCUT2D eigenvalue weighted by atomic mass is 9.78.